The van der Waals surface area contributed by atoms with E-state index in [-0.39, 0.29) is 5.82 Å². The molecule has 36 heavy (non-hydrogen) atoms. The molecule has 0 radical (unpaired) electrons. The van der Waals surface area contributed by atoms with Crippen molar-refractivity contribution < 1.29 is 18.7 Å². The highest BCUT2D eigenvalue weighted by molar-refractivity contribution is 7.11. The quantitative estimate of drug-likeness (QED) is 0.490. The molecule has 194 valence electrons. The molecular weight excluding hydrogens is 477 g/mol. The Morgan fingerprint density at radius 2 is 1.89 bits per heavy atom. The van der Waals surface area contributed by atoms with Crippen LogP contribution in [0.1, 0.15) is 32.1 Å². The van der Waals surface area contributed by atoms with Gasteiger partial charge in [0.25, 0.3) is 0 Å². The number of fused-ring (bicyclic) bond motifs is 1. The van der Waals surface area contributed by atoms with Gasteiger partial charge in [-0.15, -0.1) is 11.3 Å². The Bertz CT molecular complexity index is 1030. The number of carbonyl (C=O) groups excluding carboxylic acids is 1. The number of hydrogen-bond acceptors (Lipinski definition) is 6. The highest BCUT2D eigenvalue weighted by Crippen LogP contribution is 2.52. The SMILES string of the molecule is O=C(Oc1cccs1)N(CC1C2CN(CC3CCCCC3)CC21)c1ccc(N2CCOCC2)c(F)c1. The van der Waals surface area contributed by atoms with Gasteiger partial charge in [-0.05, 0) is 72.2 Å². The van der Waals surface area contributed by atoms with E-state index in [1.807, 2.05) is 22.4 Å². The number of thiophene rings is 1. The number of amides is 1. The molecule has 8 heteroatoms. The minimum atomic E-state index is -0.431. The first-order valence-electron chi connectivity index (χ1n) is 13.5. The Morgan fingerprint density at radius 3 is 2.58 bits per heavy atom. The summed E-state index contributed by atoms with van der Waals surface area (Å²) in [5, 5.41) is 2.45. The molecule has 1 aromatic heterocycles. The Kier molecular flexibility index (Phi) is 7.18. The highest BCUT2D eigenvalue weighted by Gasteiger charge is 2.56. The van der Waals surface area contributed by atoms with E-state index in [2.05, 4.69) is 4.90 Å². The molecule has 2 aromatic rings. The molecule has 0 bridgehead atoms. The van der Waals surface area contributed by atoms with Crippen LogP contribution in [0, 0.1) is 29.5 Å². The number of nitrogens with zero attached hydrogens (tertiary/aromatic N) is 3. The Labute approximate surface area is 217 Å². The Morgan fingerprint density at radius 1 is 1.11 bits per heavy atom. The second-order valence-corrected chi connectivity index (χ2v) is 11.8. The normalized spacial score (nSPS) is 26.6. The van der Waals surface area contributed by atoms with Crippen LogP contribution < -0.4 is 14.5 Å². The van der Waals surface area contributed by atoms with Crippen molar-refractivity contribution in [1.82, 2.24) is 4.90 Å². The van der Waals surface area contributed by atoms with Crippen molar-refractivity contribution in [2.24, 2.45) is 23.7 Å². The number of piperidine rings is 1. The van der Waals surface area contributed by atoms with E-state index in [1.165, 1.54) is 56.1 Å². The lowest BCUT2D eigenvalue weighted by atomic mass is 9.89. The molecule has 4 aliphatic rings. The molecule has 2 saturated carbocycles. The summed E-state index contributed by atoms with van der Waals surface area (Å²) in [6, 6.07) is 8.80. The van der Waals surface area contributed by atoms with Crippen LogP contribution in [0.4, 0.5) is 20.6 Å². The van der Waals surface area contributed by atoms with Crippen LogP contribution in [0.25, 0.3) is 0 Å². The molecule has 2 atom stereocenters. The third-order valence-corrected chi connectivity index (χ3v) is 9.32. The van der Waals surface area contributed by atoms with Crippen molar-refractivity contribution in [3.8, 4) is 5.06 Å². The standard InChI is InChI=1S/C28H36FN3O3S/c29-25-15-21(8-9-26(25)31-10-12-34-13-11-31)32(28(33)35-27-7-4-14-36-27)19-24-22-17-30(18-23(22)24)16-20-5-2-1-3-6-20/h4,7-9,14-15,20,22-24H,1-3,5-6,10-13,16-19H2. The van der Waals surface area contributed by atoms with E-state index < -0.39 is 6.09 Å². The summed E-state index contributed by atoms with van der Waals surface area (Å²) in [7, 11) is 0. The molecule has 6 rings (SSSR count). The zero-order valence-corrected chi connectivity index (χ0v) is 21.6. The van der Waals surface area contributed by atoms with E-state index >= 15 is 4.39 Å². The van der Waals surface area contributed by atoms with E-state index in [0.717, 1.165) is 19.0 Å². The lowest BCUT2D eigenvalue weighted by Crippen LogP contribution is -2.38. The molecular formula is C28H36FN3O3S. The number of rotatable bonds is 7. The van der Waals surface area contributed by atoms with Crippen LogP contribution in [0.2, 0.25) is 0 Å². The summed E-state index contributed by atoms with van der Waals surface area (Å²) in [5.41, 5.74) is 1.13. The van der Waals surface area contributed by atoms with E-state index in [0.29, 0.717) is 67.0 Å². The summed E-state index contributed by atoms with van der Waals surface area (Å²) in [5.74, 6) is 2.26. The molecule has 2 aliphatic carbocycles. The summed E-state index contributed by atoms with van der Waals surface area (Å²) in [6.07, 6.45) is 6.49. The molecule has 2 unspecified atom stereocenters. The van der Waals surface area contributed by atoms with Crippen molar-refractivity contribution in [2.75, 3.05) is 62.3 Å². The average Bonchev–Trinajstić information content (AvgIpc) is 3.24. The molecule has 1 aromatic carbocycles. The lowest BCUT2D eigenvalue weighted by molar-refractivity contribution is 0.122. The third kappa shape index (κ3) is 5.27. The molecule has 0 spiro atoms. The molecule has 2 aliphatic heterocycles. The predicted octanol–water partition coefficient (Wildman–Crippen LogP) is 5.49. The molecule has 0 N–H and O–H groups in total. The predicted molar refractivity (Wildman–Crippen MR) is 141 cm³/mol. The monoisotopic (exact) mass is 513 g/mol. The van der Waals surface area contributed by atoms with E-state index in [9.17, 15) is 4.79 Å². The minimum absolute atomic E-state index is 0.307. The number of hydrogen-bond donors (Lipinski definition) is 0. The lowest BCUT2D eigenvalue weighted by Gasteiger charge is -2.30. The van der Waals surface area contributed by atoms with Crippen LogP contribution in [0.5, 0.6) is 5.06 Å². The topological polar surface area (TPSA) is 45.2 Å². The number of halogens is 1. The van der Waals surface area contributed by atoms with Crippen LogP contribution in [0.3, 0.4) is 0 Å². The van der Waals surface area contributed by atoms with Gasteiger partial charge in [-0.3, -0.25) is 4.90 Å². The van der Waals surface area contributed by atoms with Gasteiger partial charge in [0.15, 0.2) is 5.06 Å². The number of likely N-dealkylation sites (tertiary alicyclic amines) is 1. The molecule has 3 heterocycles. The molecule has 4 fully saturated rings. The van der Waals surface area contributed by atoms with Crippen LogP contribution in [-0.4, -0.2) is 63.5 Å². The number of carbonyl (C=O) groups is 1. The summed E-state index contributed by atoms with van der Waals surface area (Å²) < 4.78 is 26.3. The second-order valence-electron chi connectivity index (χ2n) is 10.9. The van der Waals surface area contributed by atoms with Gasteiger partial charge in [0.2, 0.25) is 0 Å². The van der Waals surface area contributed by atoms with Crippen molar-refractivity contribution >= 4 is 28.8 Å². The number of ether oxygens (including phenoxy) is 2. The van der Waals surface area contributed by atoms with Gasteiger partial charge in [-0.1, -0.05) is 19.3 Å². The van der Waals surface area contributed by atoms with Crippen molar-refractivity contribution in [1.29, 1.82) is 0 Å². The maximum Gasteiger partial charge on any atom is 0.420 e. The van der Waals surface area contributed by atoms with Crippen LogP contribution in [-0.2, 0) is 4.74 Å². The summed E-state index contributed by atoms with van der Waals surface area (Å²) in [4.78, 5) is 19.6. The largest absolute Gasteiger partial charge is 0.420 e. The average molecular weight is 514 g/mol. The Balaban J connectivity index is 1.13. The van der Waals surface area contributed by atoms with Gasteiger partial charge < -0.3 is 19.3 Å². The van der Waals surface area contributed by atoms with Gasteiger partial charge >= 0.3 is 6.09 Å². The summed E-state index contributed by atoms with van der Waals surface area (Å²) in [6.45, 7) is 6.61. The molecule has 6 nitrogen and oxygen atoms in total. The number of morpholine rings is 1. The van der Waals surface area contributed by atoms with Crippen LogP contribution >= 0.6 is 11.3 Å². The number of benzene rings is 1. The third-order valence-electron chi connectivity index (χ3n) is 8.58. The first kappa shape index (κ1) is 24.2. The first-order valence-corrected chi connectivity index (χ1v) is 14.4. The van der Waals surface area contributed by atoms with Gasteiger partial charge in [0.05, 0.1) is 24.6 Å². The first-order chi connectivity index (χ1) is 17.7. The maximum absolute atomic E-state index is 15.2. The number of anilines is 2. The van der Waals surface area contributed by atoms with Crippen molar-refractivity contribution in [3.63, 3.8) is 0 Å². The second kappa shape index (κ2) is 10.7. The van der Waals surface area contributed by atoms with E-state index in [1.54, 1.807) is 17.0 Å². The molecule has 1 amide bonds. The zero-order valence-electron chi connectivity index (χ0n) is 20.8. The van der Waals surface area contributed by atoms with E-state index in [4.69, 9.17) is 9.47 Å². The van der Waals surface area contributed by atoms with Crippen molar-refractivity contribution in [3.05, 3.63) is 41.5 Å². The Hall–Kier alpha value is -2.16. The zero-order chi connectivity index (χ0) is 24.5. The van der Waals surface area contributed by atoms with Crippen molar-refractivity contribution in [2.45, 2.75) is 32.1 Å². The van der Waals surface area contributed by atoms with Gasteiger partial charge in [0, 0.05) is 39.3 Å². The van der Waals surface area contributed by atoms with Gasteiger partial charge in [-0.2, -0.15) is 0 Å². The fraction of sp³-hybridized carbons (Fsp3) is 0.607. The maximum atomic E-state index is 15.2. The smallest absolute Gasteiger partial charge is 0.399 e. The molecule has 2 saturated heterocycles. The fourth-order valence-electron chi connectivity index (χ4n) is 6.57. The highest BCUT2D eigenvalue weighted by atomic mass is 32.1. The van der Waals surface area contributed by atoms with Crippen LogP contribution in [0.15, 0.2) is 35.7 Å². The minimum Gasteiger partial charge on any atom is -0.399 e. The summed E-state index contributed by atoms with van der Waals surface area (Å²) >= 11 is 1.39. The fourth-order valence-corrected chi connectivity index (χ4v) is 7.14. The van der Waals surface area contributed by atoms with Gasteiger partial charge in [-0.25, -0.2) is 9.18 Å². The van der Waals surface area contributed by atoms with Gasteiger partial charge in [0.1, 0.15) is 5.82 Å².